The summed E-state index contributed by atoms with van der Waals surface area (Å²) in [6.45, 7) is 4.49. The van der Waals surface area contributed by atoms with E-state index in [1.165, 1.54) is 86.9 Å². The minimum Gasteiger partial charge on any atom is -0.460 e. The number of benzene rings is 1. The predicted octanol–water partition coefficient (Wildman–Crippen LogP) is 12.9. The van der Waals surface area contributed by atoms with Crippen molar-refractivity contribution < 1.29 is 8.83 Å². The number of aromatic nitrogens is 4. The van der Waals surface area contributed by atoms with Crippen molar-refractivity contribution in [3.63, 3.8) is 0 Å². The van der Waals surface area contributed by atoms with Crippen molar-refractivity contribution in [2.45, 2.75) is 104 Å². The first-order chi connectivity index (χ1) is 27.0. The molecule has 11 heteroatoms. The maximum atomic E-state index is 14.4. The summed E-state index contributed by atoms with van der Waals surface area (Å²) >= 11 is 4.50. The largest absolute Gasteiger partial charge is 0.460 e. The Labute approximate surface area is 328 Å². The van der Waals surface area contributed by atoms with Gasteiger partial charge in [-0.2, -0.15) is 0 Å². The minimum absolute atomic E-state index is 0.123. The molecular weight excluding hydrogens is 745 g/mol. The first kappa shape index (κ1) is 34.9. The Morgan fingerprint density at radius 1 is 0.545 bits per heavy atom. The van der Waals surface area contributed by atoms with Crippen molar-refractivity contribution in [1.82, 2.24) is 18.8 Å². The molecule has 8 nitrogen and oxygen atoms in total. The summed E-state index contributed by atoms with van der Waals surface area (Å²) in [4.78, 5) is 42.2. The molecule has 0 atom stereocenters. The minimum atomic E-state index is -0.130. The highest BCUT2D eigenvalue weighted by Crippen LogP contribution is 2.44. The summed E-state index contributed by atoms with van der Waals surface area (Å²) in [5.41, 5.74) is 2.50. The molecule has 10 aromatic rings. The molecule has 0 bridgehead atoms. The van der Waals surface area contributed by atoms with Crippen molar-refractivity contribution in [3.05, 3.63) is 80.8 Å². The molecule has 0 unspecified atom stereocenters. The fraction of sp³-hybridized carbons (Fsp3) is 0.364. The highest BCUT2D eigenvalue weighted by atomic mass is 32.1. The number of thiophene rings is 3. The third-order valence-electron chi connectivity index (χ3n) is 11.2. The van der Waals surface area contributed by atoms with Gasteiger partial charge in [-0.15, -0.1) is 34.0 Å². The van der Waals surface area contributed by atoms with Crippen molar-refractivity contribution in [2.24, 2.45) is 0 Å². The second kappa shape index (κ2) is 14.2. The summed E-state index contributed by atoms with van der Waals surface area (Å²) in [6, 6.07) is 16.1. The van der Waals surface area contributed by atoms with Crippen LogP contribution in [0.4, 0.5) is 0 Å². The van der Waals surface area contributed by atoms with Gasteiger partial charge in [0, 0.05) is 34.4 Å². The number of nitrogens with zero attached hydrogens (tertiary/aromatic N) is 4. The Bertz CT molecular complexity index is 3100. The van der Waals surface area contributed by atoms with Gasteiger partial charge in [-0.25, -0.2) is 9.97 Å². The molecule has 0 aliphatic rings. The van der Waals surface area contributed by atoms with E-state index in [4.69, 9.17) is 18.8 Å². The summed E-state index contributed by atoms with van der Waals surface area (Å²) in [6.07, 6.45) is 16.8. The average molecular weight is 787 g/mol. The Morgan fingerprint density at radius 2 is 1.05 bits per heavy atom. The Morgan fingerprint density at radius 3 is 1.65 bits per heavy atom. The standard InChI is InChI=1S/C44H42N4O4S3/c1-3-5-7-9-11-13-15-25-17-21-31(51-25)33-23-29-41(53-33)45-39-27-19-20-28-36-35(27)38(44(50)47(29)39)55-37(36)40-46-42-30(48(40)43(28)49)24-34(54-42)32-22-18-26(52-32)16-14-12-10-8-6-4-2/h17-24H,3-16H2,1-2H3. The summed E-state index contributed by atoms with van der Waals surface area (Å²) < 4.78 is 17.5. The number of pyridine rings is 2. The van der Waals surface area contributed by atoms with Gasteiger partial charge in [0.05, 0.1) is 25.5 Å². The first-order valence-electron chi connectivity index (χ1n) is 19.9. The van der Waals surface area contributed by atoms with Crippen LogP contribution in [0.5, 0.6) is 0 Å². The van der Waals surface area contributed by atoms with Crippen LogP contribution in [0, 0.1) is 0 Å². The molecule has 0 amide bonds. The Kier molecular flexibility index (Phi) is 8.99. The van der Waals surface area contributed by atoms with Gasteiger partial charge in [0.2, 0.25) is 0 Å². The number of hydrogen-bond acceptors (Lipinski definition) is 9. The highest BCUT2D eigenvalue weighted by molar-refractivity contribution is 7.27. The molecule has 0 saturated heterocycles. The van der Waals surface area contributed by atoms with Crippen LogP contribution in [0.3, 0.4) is 0 Å². The molecule has 0 radical (unpaired) electrons. The van der Waals surface area contributed by atoms with E-state index in [0.717, 1.165) is 100 Å². The van der Waals surface area contributed by atoms with Crippen LogP contribution in [0.1, 0.15) is 102 Å². The molecule has 0 saturated carbocycles. The second-order valence-corrected chi connectivity index (χ2v) is 18.1. The van der Waals surface area contributed by atoms with Gasteiger partial charge >= 0.3 is 0 Å². The maximum Gasteiger partial charge on any atom is 0.274 e. The van der Waals surface area contributed by atoms with E-state index in [1.807, 2.05) is 36.4 Å². The van der Waals surface area contributed by atoms with Gasteiger partial charge in [-0.1, -0.05) is 78.1 Å². The number of fused-ring (bicyclic) bond motifs is 8. The number of hydrogen-bond donors (Lipinski definition) is 0. The van der Waals surface area contributed by atoms with Gasteiger partial charge in [-0.3, -0.25) is 18.4 Å². The van der Waals surface area contributed by atoms with Gasteiger partial charge in [-0.05, 0) is 61.4 Å². The summed E-state index contributed by atoms with van der Waals surface area (Å²) in [5, 5.41) is 3.06. The van der Waals surface area contributed by atoms with E-state index in [2.05, 4.69) is 26.0 Å². The van der Waals surface area contributed by atoms with Crippen LogP contribution in [0.25, 0.3) is 84.2 Å². The van der Waals surface area contributed by atoms with Gasteiger partial charge in [0.1, 0.15) is 43.0 Å². The van der Waals surface area contributed by atoms with Crippen LogP contribution >= 0.6 is 34.0 Å². The quantitative estimate of drug-likeness (QED) is 0.0715. The van der Waals surface area contributed by atoms with Crippen LogP contribution in [0.15, 0.2) is 67.0 Å². The molecule has 9 aromatic heterocycles. The predicted molar refractivity (Wildman–Crippen MR) is 230 cm³/mol. The molecule has 9 heterocycles. The van der Waals surface area contributed by atoms with Crippen LogP contribution < -0.4 is 11.1 Å². The van der Waals surface area contributed by atoms with E-state index in [-0.39, 0.29) is 11.1 Å². The van der Waals surface area contributed by atoms with Crippen molar-refractivity contribution >= 4 is 96.9 Å². The highest BCUT2D eigenvalue weighted by Gasteiger charge is 2.27. The number of rotatable bonds is 16. The molecule has 280 valence electrons. The lowest BCUT2D eigenvalue weighted by atomic mass is 10.0. The zero-order valence-electron chi connectivity index (χ0n) is 31.2. The Hall–Kier alpha value is -4.58. The van der Waals surface area contributed by atoms with E-state index in [9.17, 15) is 9.59 Å². The number of aryl methyl sites for hydroxylation is 2. The van der Waals surface area contributed by atoms with Gasteiger partial charge < -0.3 is 8.83 Å². The zero-order valence-corrected chi connectivity index (χ0v) is 33.6. The van der Waals surface area contributed by atoms with Crippen LogP contribution in [0.2, 0.25) is 0 Å². The molecule has 0 aliphatic heterocycles. The SMILES string of the molecule is CCCCCCCCc1ccc(-c2cc3c(nc4c5ccc6c(=O)n7c8cc(-c9ccc(CCCCCCCC)o9)sc8nc7c7sc(c(=O)n34)c5c67)s2)o1. The maximum absolute atomic E-state index is 14.4. The lowest BCUT2D eigenvalue weighted by Gasteiger charge is -2.04. The number of unbranched alkanes of at least 4 members (excludes halogenated alkanes) is 10. The first-order valence-corrected chi connectivity index (χ1v) is 22.4. The summed E-state index contributed by atoms with van der Waals surface area (Å²) in [5.74, 6) is 3.61. The molecule has 10 rings (SSSR count). The molecule has 0 fully saturated rings. The smallest absolute Gasteiger partial charge is 0.274 e. The molecule has 55 heavy (non-hydrogen) atoms. The van der Waals surface area contributed by atoms with Crippen molar-refractivity contribution in [3.8, 4) is 21.3 Å². The summed E-state index contributed by atoms with van der Waals surface area (Å²) in [7, 11) is 0. The number of imidazole rings is 2. The third-order valence-corrected chi connectivity index (χ3v) is 14.4. The monoisotopic (exact) mass is 786 g/mol. The second-order valence-electron chi connectivity index (χ2n) is 15.0. The molecular formula is C44H42N4O4S3. The topological polar surface area (TPSA) is 95.0 Å². The van der Waals surface area contributed by atoms with Crippen molar-refractivity contribution in [1.29, 1.82) is 0 Å². The molecule has 0 spiro atoms. The zero-order chi connectivity index (χ0) is 37.2. The fourth-order valence-electron chi connectivity index (χ4n) is 8.35. The van der Waals surface area contributed by atoms with Crippen LogP contribution in [-0.2, 0) is 12.8 Å². The lowest BCUT2D eigenvalue weighted by molar-refractivity contribution is 0.502. The number of furan rings is 2. The average Bonchev–Trinajstić information content (AvgIpc) is 4.03. The van der Waals surface area contributed by atoms with Crippen LogP contribution in [-0.4, -0.2) is 18.8 Å². The Balaban J connectivity index is 0.993. The van der Waals surface area contributed by atoms with Crippen molar-refractivity contribution in [2.75, 3.05) is 0 Å². The fourth-order valence-corrected chi connectivity index (χ4v) is 11.5. The molecule has 1 aromatic carbocycles. The third kappa shape index (κ3) is 5.80. The van der Waals surface area contributed by atoms with Gasteiger partial charge in [0.15, 0.2) is 5.65 Å². The lowest BCUT2D eigenvalue weighted by Crippen LogP contribution is -2.13. The van der Waals surface area contributed by atoms with E-state index in [1.54, 1.807) is 20.1 Å². The normalized spacial score (nSPS) is 12.6. The van der Waals surface area contributed by atoms with E-state index < -0.39 is 0 Å². The molecule has 0 N–H and O–H groups in total. The van der Waals surface area contributed by atoms with E-state index in [0.29, 0.717) is 21.4 Å². The van der Waals surface area contributed by atoms with E-state index >= 15 is 0 Å². The molecule has 0 aliphatic carbocycles. The van der Waals surface area contributed by atoms with Gasteiger partial charge in [0.25, 0.3) is 11.1 Å².